The molecular formula is C13H20OSe. The first kappa shape index (κ1) is 12.8. The number of hydrogen-bond acceptors (Lipinski definition) is 1. The second-order valence-electron chi connectivity index (χ2n) is 3.56. The van der Waals surface area contributed by atoms with Crippen molar-refractivity contribution in [3.05, 3.63) is 35.9 Å². The molecule has 15 heavy (non-hydrogen) atoms. The van der Waals surface area contributed by atoms with Crippen LogP contribution in [-0.4, -0.2) is 22.1 Å². The summed E-state index contributed by atoms with van der Waals surface area (Å²) in [7, 11) is 1.81. The van der Waals surface area contributed by atoms with Crippen LogP contribution in [0.2, 0.25) is 10.6 Å². The molecule has 0 saturated heterocycles. The predicted octanol–water partition coefficient (Wildman–Crippen LogP) is 3.72. The molecule has 0 aliphatic rings. The number of methoxy groups -OCH3 is 1. The molecule has 1 aromatic carbocycles. The van der Waals surface area contributed by atoms with Gasteiger partial charge < -0.3 is 0 Å². The van der Waals surface area contributed by atoms with Crippen molar-refractivity contribution in [1.29, 1.82) is 0 Å². The Kier molecular flexibility index (Phi) is 6.74. The molecule has 1 rings (SSSR count). The summed E-state index contributed by atoms with van der Waals surface area (Å²) < 4.78 is 5.53. The molecule has 1 unspecified atom stereocenters. The van der Waals surface area contributed by atoms with Gasteiger partial charge in [0.2, 0.25) is 0 Å². The minimum absolute atomic E-state index is 0.308. The van der Waals surface area contributed by atoms with Gasteiger partial charge in [0.25, 0.3) is 0 Å². The number of unbranched alkanes of at least 4 members (excludes halogenated alkanes) is 1. The van der Waals surface area contributed by atoms with Crippen LogP contribution in [0.15, 0.2) is 30.3 Å². The molecule has 0 aliphatic heterocycles. The molecule has 0 saturated carbocycles. The Balaban J connectivity index is 2.36. The molecule has 0 heterocycles. The molecule has 0 spiro atoms. The maximum atomic E-state index is 5.53. The van der Waals surface area contributed by atoms with E-state index in [0.29, 0.717) is 6.10 Å². The second kappa shape index (κ2) is 7.92. The van der Waals surface area contributed by atoms with Crippen LogP contribution in [0.1, 0.15) is 31.4 Å². The van der Waals surface area contributed by atoms with E-state index >= 15 is 0 Å². The quantitative estimate of drug-likeness (QED) is 0.542. The molecule has 84 valence electrons. The van der Waals surface area contributed by atoms with E-state index < -0.39 is 0 Å². The van der Waals surface area contributed by atoms with Crippen molar-refractivity contribution >= 4 is 15.0 Å². The summed E-state index contributed by atoms with van der Waals surface area (Å²) in [6.45, 7) is 2.25. The van der Waals surface area contributed by atoms with Crippen molar-refractivity contribution in [1.82, 2.24) is 0 Å². The third-order valence-corrected chi connectivity index (χ3v) is 4.71. The molecule has 0 aliphatic carbocycles. The summed E-state index contributed by atoms with van der Waals surface area (Å²) >= 11 is 0.729. The predicted molar refractivity (Wildman–Crippen MR) is 66.5 cm³/mol. The van der Waals surface area contributed by atoms with Crippen molar-refractivity contribution in [2.24, 2.45) is 0 Å². The van der Waals surface area contributed by atoms with E-state index in [1.807, 2.05) is 7.11 Å². The zero-order chi connectivity index (χ0) is 10.9. The Morgan fingerprint density at radius 1 is 1.27 bits per heavy atom. The molecule has 0 amide bonds. The van der Waals surface area contributed by atoms with Crippen LogP contribution in [0.4, 0.5) is 0 Å². The van der Waals surface area contributed by atoms with Gasteiger partial charge in [-0.2, -0.15) is 0 Å². The van der Waals surface area contributed by atoms with Crippen LogP contribution >= 0.6 is 0 Å². The summed E-state index contributed by atoms with van der Waals surface area (Å²) in [5.41, 5.74) is 1.32. The van der Waals surface area contributed by atoms with E-state index in [2.05, 4.69) is 37.3 Å². The van der Waals surface area contributed by atoms with Gasteiger partial charge in [0.1, 0.15) is 0 Å². The molecule has 0 bridgehead atoms. The van der Waals surface area contributed by atoms with Gasteiger partial charge in [-0.3, -0.25) is 0 Å². The summed E-state index contributed by atoms with van der Waals surface area (Å²) in [6, 6.07) is 10.5. The Morgan fingerprint density at radius 3 is 2.60 bits per heavy atom. The molecule has 1 aromatic rings. The Labute approximate surface area is 99.4 Å². The monoisotopic (exact) mass is 272 g/mol. The van der Waals surface area contributed by atoms with Gasteiger partial charge in [-0.15, -0.1) is 0 Å². The number of benzene rings is 1. The van der Waals surface area contributed by atoms with Gasteiger partial charge in [0, 0.05) is 0 Å². The van der Waals surface area contributed by atoms with Gasteiger partial charge in [0.15, 0.2) is 0 Å². The maximum absolute atomic E-state index is 5.53. The molecule has 1 atom stereocenters. The number of hydrogen-bond donors (Lipinski definition) is 0. The molecule has 0 fully saturated rings. The van der Waals surface area contributed by atoms with Gasteiger partial charge in [-0.1, -0.05) is 0 Å². The van der Waals surface area contributed by atoms with Crippen LogP contribution in [0.3, 0.4) is 0 Å². The fourth-order valence-corrected chi connectivity index (χ4v) is 3.93. The van der Waals surface area contributed by atoms with E-state index in [4.69, 9.17) is 4.74 Å². The first-order valence-corrected chi connectivity index (χ1v) is 7.96. The number of ether oxygens (including phenoxy) is 1. The fraction of sp³-hybridized carbons (Fsp3) is 0.538. The zero-order valence-electron chi connectivity index (χ0n) is 9.61. The van der Waals surface area contributed by atoms with E-state index in [-0.39, 0.29) is 0 Å². The van der Waals surface area contributed by atoms with Gasteiger partial charge >= 0.3 is 99.2 Å². The van der Waals surface area contributed by atoms with Crippen molar-refractivity contribution < 1.29 is 4.74 Å². The first-order valence-electron chi connectivity index (χ1n) is 5.54. The normalized spacial score (nSPS) is 12.7. The molecular weight excluding hydrogens is 251 g/mol. The average Bonchev–Trinajstić information content (AvgIpc) is 2.30. The first-order chi connectivity index (χ1) is 7.38. The third kappa shape index (κ3) is 4.83. The SMILES string of the molecule is CCCC[Se]CC(OC)c1ccccc1. The standard InChI is InChI=1S/C13H20OSe/c1-3-4-10-15-11-13(14-2)12-8-6-5-7-9-12/h5-9,13H,3-4,10-11H2,1-2H3. The van der Waals surface area contributed by atoms with Crippen molar-refractivity contribution in [3.8, 4) is 0 Å². The third-order valence-electron chi connectivity index (χ3n) is 2.37. The van der Waals surface area contributed by atoms with E-state index in [1.165, 1.54) is 29.0 Å². The van der Waals surface area contributed by atoms with Crippen LogP contribution in [-0.2, 0) is 4.74 Å². The van der Waals surface area contributed by atoms with Crippen LogP contribution in [0, 0.1) is 0 Å². The van der Waals surface area contributed by atoms with E-state index in [0.717, 1.165) is 15.0 Å². The summed E-state index contributed by atoms with van der Waals surface area (Å²) in [5.74, 6) is 0. The fourth-order valence-electron chi connectivity index (χ4n) is 1.40. The molecule has 1 nitrogen and oxygen atoms in total. The Bertz CT molecular complexity index is 248. The molecule has 2 heteroatoms. The Morgan fingerprint density at radius 2 is 2.00 bits per heavy atom. The number of rotatable bonds is 7. The molecule has 0 N–H and O–H groups in total. The van der Waals surface area contributed by atoms with Gasteiger partial charge in [-0.25, -0.2) is 0 Å². The summed E-state index contributed by atoms with van der Waals surface area (Å²) in [6.07, 6.45) is 2.98. The molecule has 0 aromatic heterocycles. The zero-order valence-corrected chi connectivity index (χ0v) is 11.3. The van der Waals surface area contributed by atoms with Gasteiger partial charge in [0.05, 0.1) is 0 Å². The molecule has 0 radical (unpaired) electrons. The summed E-state index contributed by atoms with van der Waals surface area (Å²) in [4.78, 5) is 0. The minimum atomic E-state index is 0.308. The van der Waals surface area contributed by atoms with Gasteiger partial charge in [-0.05, 0) is 0 Å². The topological polar surface area (TPSA) is 9.23 Å². The van der Waals surface area contributed by atoms with E-state index in [1.54, 1.807) is 0 Å². The average molecular weight is 271 g/mol. The van der Waals surface area contributed by atoms with Crippen LogP contribution in [0.5, 0.6) is 0 Å². The summed E-state index contributed by atoms with van der Waals surface area (Å²) in [5, 5.41) is 2.59. The van der Waals surface area contributed by atoms with Crippen LogP contribution in [0.25, 0.3) is 0 Å². The van der Waals surface area contributed by atoms with Crippen LogP contribution < -0.4 is 0 Å². The second-order valence-corrected chi connectivity index (χ2v) is 5.98. The van der Waals surface area contributed by atoms with Crippen molar-refractivity contribution in [2.75, 3.05) is 7.11 Å². The van der Waals surface area contributed by atoms with Crippen molar-refractivity contribution in [2.45, 2.75) is 36.5 Å². The van der Waals surface area contributed by atoms with E-state index in [9.17, 15) is 0 Å². The Hall–Kier alpha value is -0.301. The van der Waals surface area contributed by atoms with Crippen molar-refractivity contribution in [3.63, 3.8) is 0 Å².